The van der Waals surface area contributed by atoms with E-state index in [1.54, 1.807) is 52.7 Å². The van der Waals surface area contributed by atoms with Crippen LogP contribution in [0.4, 0.5) is 11.4 Å². The zero-order chi connectivity index (χ0) is 49.3. The highest BCUT2D eigenvalue weighted by Crippen LogP contribution is 2.38. The van der Waals surface area contributed by atoms with E-state index in [9.17, 15) is 29.6 Å². The summed E-state index contributed by atoms with van der Waals surface area (Å²) in [5, 5.41) is 28.7. The zero-order valence-electron chi connectivity index (χ0n) is 39.2. The molecule has 2 aromatic heterocycles. The highest BCUT2D eigenvalue weighted by atomic mass is 32.1. The van der Waals surface area contributed by atoms with Gasteiger partial charge in [0, 0.05) is 42.3 Å². The minimum atomic E-state index is -0.859. The van der Waals surface area contributed by atoms with Crippen molar-refractivity contribution in [1.29, 1.82) is 0 Å². The maximum absolute atomic E-state index is 14.1. The molecule has 362 valence electrons. The molecule has 3 amide bonds. The predicted molar refractivity (Wildman–Crippen MR) is 265 cm³/mol. The van der Waals surface area contributed by atoms with Crippen molar-refractivity contribution in [2.75, 3.05) is 37.9 Å². The summed E-state index contributed by atoms with van der Waals surface area (Å²) in [5.74, 6) is -0.663. The monoisotopic (exact) mass is 966 g/mol. The summed E-state index contributed by atoms with van der Waals surface area (Å²) in [7, 11) is 0. The van der Waals surface area contributed by atoms with E-state index < -0.39 is 23.0 Å². The molecule has 6 aromatic rings. The van der Waals surface area contributed by atoms with Gasteiger partial charge in [-0.3, -0.25) is 24.5 Å². The summed E-state index contributed by atoms with van der Waals surface area (Å²) in [6.07, 6.45) is 4.61. The summed E-state index contributed by atoms with van der Waals surface area (Å²) in [6, 6.07) is 29.7. The first-order chi connectivity index (χ1) is 33.8. The van der Waals surface area contributed by atoms with Crippen LogP contribution in [0.5, 0.6) is 11.6 Å². The zero-order valence-corrected chi connectivity index (χ0v) is 40.0. The van der Waals surface area contributed by atoms with Crippen molar-refractivity contribution in [2.45, 2.75) is 64.8 Å². The number of benzene rings is 4. The number of fused-ring (bicyclic) bond motifs is 1. The van der Waals surface area contributed by atoms with E-state index in [1.165, 1.54) is 17.0 Å². The van der Waals surface area contributed by atoms with Gasteiger partial charge in [0.15, 0.2) is 5.76 Å². The van der Waals surface area contributed by atoms with Crippen molar-refractivity contribution in [3.05, 3.63) is 165 Å². The molecule has 0 aliphatic carbocycles. The van der Waals surface area contributed by atoms with Crippen LogP contribution >= 0.6 is 11.3 Å². The van der Waals surface area contributed by atoms with E-state index in [0.29, 0.717) is 30.2 Å². The number of allylic oxidation sites excluding steroid dienone is 2. The first-order valence-electron chi connectivity index (χ1n) is 23.1. The van der Waals surface area contributed by atoms with Gasteiger partial charge in [-0.1, -0.05) is 80.6 Å². The maximum Gasteiger partial charge on any atom is 0.269 e. The summed E-state index contributed by atoms with van der Waals surface area (Å²) < 4.78 is 23.0. The number of para-hydroxylation sites is 1. The van der Waals surface area contributed by atoms with Gasteiger partial charge in [-0.25, -0.2) is 4.98 Å². The van der Waals surface area contributed by atoms with Crippen LogP contribution in [0, 0.1) is 23.0 Å². The SMILES string of the molecule is Cc1ncsc1-c1ccc([C@H](C)NC(=O)[C@@H]2C[C@@H](O)CN2C(=O)[C@@H](c2cc(OCCOCCOc3ccc(CN4C(=O)/C(=C/C=C/c5ccc([N+](=O)[O-])cc5)c5ccccc54)cc3)no2)C(C)C)cc1. The van der Waals surface area contributed by atoms with Gasteiger partial charge in [0.1, 0.15) is 30.9 Å². The van der Waals surface area contributed by atoms with Gasteiger partial charge in [0.2, 0.25) is 11.8 Å². The number of carbonyl (C=O) groups is 3. The highest BCUT2D eigenvalue weighted by Gasteiger charge is 2.43. The fourth-order valence-corrected chi connectivity index (χ4v) is 9.40. The number of nitrogens with one attached hydrogen (secondary N) is 1. The van der Waals surface area contributed by atoms with Crippen molar-refractivity contribution < 1.29 is 43.1 Å². The molecule has 0 saturated carbocycles. The average Bonchev–Trinajstić information content (AvgIpc) is 4.16. The van der Waals surface area contributed by atoms with Crippen molar-refractivity contribution in [2.24, 2.45) is 5.92 Å². The summed E-state index contributed by atoms with van der Waals surface area (Å²) >= 11 is 1.58. The molecule has 0 radical (unpaired) electrons. The topological polar surface area (TPSA) is 200 Å². The van der Waals surface area contributed by atoms with Crippen LogP contribution in [-0.2, 0) is 25.7 Å². The van der Waals surface area contributed by atoms with E-state index in [2.05, 4.69) is 15.5 Å². The van der Waals surface area contributed by atoms with Gasteiger partial charge in [0.05, 0.1) is 58.6 Å². The smallest absolute Gasteiger partial charge is 0.269 e. The Hall–Kier alpha value is -7.47. The fourth-order valence-electron chi connectivity index (χ4n) is 8.59. The normalized spacial score (nSPS) is 17.1. The number of thiazole rings is 1. The average molecular weight is 967 g/mol. The number of amides is 3. The molecule has 0 unspecified atom stereocenters. The van der Waals surface area contributed by atoms with Crippen LogP contribution in [0.15, 0.2) is 125 Å². The lowest BCUT2D eigenvalue weighted by molar-refractivity contribution is -0.384. The molecule has 4 heterocycles. The van der Waals surface area contributed by atoms with Gasteiger partial charge >= 0.3 is 0 Å². The van der Waals surface area contributed by atoms with Crippen LogP contribution in [0.3, 0.4) is 0 Å². The Kier molecular flexibility index (Phi) is 15.6. The molecule has 0 spiro atoms. The number of hydrogen-bond acceptors (Lipinski definition) is 13. The minimum Gasteiger partial charge on any atom is -0.491 e. The number of aryl methyl sites for hydroxylation is 1. The molecular weight excluding hydrogens is 913 g/mol. The number of hydrogen-bond donors (Lipinski definition) is 2. The Labute approximate surface area is 409 Å². The second-order valence-corrected chi connectivity index (χ2v) is 18.3. The molecule has 2 aliphatic heterocycles. The lowest BCUT2D eigenvalue weighted by atomic mass is 9.91. The molecule has 2 aliphatic rings. The van der Waals surface area contributed by atoms with Gasteiger partial charge < -0.3 is 39.0 Å². The van der Waals surface area contributed by atoms with Crippen molar-refractivity contribution in [3.63, 3.8) is 0 Å². The van der Waals surface area contributed by atoms with Crippen molar-refractivity contribution >= 4 is 52.1 Å². The van der Waals surface area contributed by atoms with Gasteiger partial charge in [-0.15, -0.1) is 11.3 Å². The molecular formula is C53H54N6O10S. The van der Waals surface area contributed by atoms with Crippen molar-refractivity contribution in [3.8, 4) is 22.1 Å². The van der Waals surface area contributed by atoms with E-state index in [-0.39, 0.29) is 74.0 Å². The second-order valence-electron chi connectivity index (χ2n) is 17.5. The third-order valence-corrected chi connectivity index (χ3v) is 13.2. The lowest BCUT2D eigenvalue weighted by Crippen LogP contribution is -2.48. The summed E-state index contributed by atoms with van der Waals surface area (Å²) in [5.41, 5.74) is 8.65. The number of non-ortho nitro benzene ring substituents is 1. The maximum atomic E-state index is 14.1. The van der Waals surface area contributed by atoms with E-state index in [0.717, 1.165) is 44.1 Å². The van der Waals surface area contributed by atoms with E-state index in [1.807, 2.05) is 106 Å². The molecule has 16 nitrogen and oxygen atoms in total. The lowest BCUT2D eigenvalue weighted by Gasteiger charge is -2.29. The Bertz CT molecular complexity index is 2860. The van der Waals surface area contributed by atoms with Crippen molar-refractivity contribution in [1.82, 2.24) is 20.4 Å². The highest BCUT2D eigenvalue weighted by molar-refractivity contribution is 7.13. The number of nitrogens with zero attached hydrogens (tertiary/aromatic N) is 5. The Morgan fingerprint density at radius 3 is 2.40 bits per heavy atom. The number of aliphatic hydroxyl groups is 1. The van der Waals surface area contributed by atoms with Crippen LogP contribution in [-0.4, -0.2) is 87.9 Å². The predicted octanol–water partition coefficient (Wildman–Crippen LogP) is 8.71. The van der Waals surface area contributed by atoms with Crippen LogP contribution in [0.2, 0.25) is 0 Å². The molecule has 1 fully saturated rings. The number of anilines is 1. The third kappa shape index (κ3) is 11.5. The van der Waals surface area contributed by atoms with Gasteiger partial charge in [-0.2, -0.15) is 0 Å². The minimum absolute atomic E-state index is 0.0148. The molecule has 8 rings (SSSR count). The number of aliphatic hydroxyl groups excluding tert-OH is 1. The van der Waals surface area contributed by atoms with Gasteiger partial charge in [0.25, 0.3) is 17.5 Å². The number of aromatic nitrogens is 2. The molecule has 70 heavy (non-hydrogen) atoms. The number of likely N-dealkylation sites (tertiary alicyclic amines) is 1. The largest absolute Gasteiger partial charge is 0.491 e. The molecule has 1 saturated heterocycles. The Balaban J connectivity index is 0.768. The van der Waals surface area contributed by atoms with Crippen LogP contribution in [0.25, 0.3) is 22.1 Å². The first-order valence-corrected chi connectivity index (χ1v) is 23.9. The number of carbonyl (C=O) groups excluding carboxylic acids is 3. The third-order valence-electron chi connectivity index (χ3n) is 12.2. The first kappa shape index (κ1) is 49.0. The number of nitro groups is 1. The Morgan fingerprint density at radius 1 is 0.971 bits per heavy atom. The summed E-state index contributed by atoms with van der Waals surface area (Å²) in [4.78, 5) is 60.6. The number of ether oxygens (including phenoxy) is 3. The van der Waals surface area contributed by atoms with E-state index >= 15 is 0 Å². The molecule has 2 N–H and O–H groups in total. The fraction of sp³-hybridized carbons (Fsp3) is 0.302. The number of β-amino-alcohol motifs (C(OH)–C–C–N with tert-alkyl or cyclic N) is 1. The van der Waals surface area contributed by atoms with Crippen LogP contribution < -0.4 is 19.7 Å². The Morgan fingerprint density at radius 2 is 1.70 bits per heavy atom. The number of nitro benzene ring substituents is 1. The molecule has 4 atom stereocenters. The molecule has 4 aromatic carbocycles. The second kappa shape index (κ2) is 22.3. The standard InChI is InChI=1S/C53H54N6O10S/c1-33(2)49(53(63)58-31-41(60)28-46(58)51(61)55-34(3)38-16-18-39(19-17-38)50-35(4)54-32-70-50)47-29-48(56-69-47)68-27-25-66-24-26-67-42-22-14-37(15-23-42)30-57-45-11-6-5-9-43(45)44(52(57)62)10-7-8-36-12-20-40(21-13-36)59(64)65/h5-23,29,32-34,41,46,49,60H,24-28,30-31H2,1-4H3,(H,55,61)/b8-7+,44-10+/t34-,41+,46-,49+/m0/s1. The van der Waals surface area contributed by atoms with Gasteiger partial charge in [-0.05, 0) is 83.6 Å². The van der Waals surface area contributed by atoms with Crippen LogP contribution in [0.1, 0.15) is 72.9 Å². The molecule has 17 heteroatoms. The number of rotatable bonds is 20. The molecule has 0 bridgehead atoms. The quantitative estimate of drug-likeness (QED) is 0.0320. The summed E-state index contributed by atoms with van der Waals surface area (Å²) in [6.45, 7) is 9.00. The van der Waals surface area contributed by atoms with E-state index in [4.69, 9.17) is 18.7 Å².